The minimum absolute atomic E-state index is 0.168. The van der Waals surface area contributed by atoms with Gasteiger partial charge in [-0.05, 0) is 25.0 Å². The number of benzene rings is 2. The summed E-state index contributed by atoms with van der Waals surface area (Å²) in [6, 6.07) is 8.85. The fourth-order valence-corrected chi connectivity index (χ4v) is 3.23. The van der Waals surface area contributed by atoms with Crippen LogP contribution in [-0.4, -0.2) is 32.9 Å². The Morgan fingerprint density at radius 3 is 2.31 bits per heavy atom. The molecule has 134 valence electrons. The van der Waals surface area contributed by atoms with Gasteiger partial charge in [0.25, 0.3) is 0 Å². The van der Waals surface area contributed by atoms with Crippen molar-refractivity contribution in [1.29, 1.82) is 0 Å². The van der Waals surface area contributed by atoms with E-state index in [-0.39, 0.29) is 17.1 Å². The molecule has 0 aliphatic heterocycles. The quantitative estimate of drug-likeness (QED) is 0.608. The van der Waals surface area contributed by atoms with Crippen LogP contribution in [0.15, 0.2) is 42.0 Å². The minimum Gasteiger partial charge on any atom is -0.493 e. The fourth-order valence-electron chi connectivity index (χ4n) is 3.23. The van der Waals surface area contributed by atoms with E-state index >= 15 is 0 Å². The van der Waals surface area contributed by atoms with Crippen molar-refractivity contribution in [2.75, 3.05) is 21.3 Å². The Labute approximate surface area is 152 Å². The second-order valence-electron chi connectivity index (χ2n) is 5.97. The van der Waals surface area contributed by atoms with E-state index in [9.17, 15) is 9.59 Å². The molecule has 3 rings (SSSR count). The number of rotatable bonds is 5. The van der Waals surface area contributed by atoms with Crippen molar-refractivity contribution in [2.24, 2.45) is 0 Å². The summed E-state index contributed by atoms with van der Waals surface area (Å²) in [5, 5.41) is 0. The molecule has 26 heavy (non-hydrogen) atoms. The number of fused-ring (bicyclic) bond motifs is 1. The lowest BCUT2D eigenvalue weighted by molar-refractivity contribution is 0.0959. The van der Waals surface area contributed by atoms with Crippen LogP contribution < -0.4 is 14.2 Å². The summed E-state index contributed by atoms with van der Waals surface area (Å²) < 4.78 is 16.2. The molecule has 0 spiro atoms. The Bertz CT molecular complexity index is 924. The molecule has 0 atom stereocenters. The van der Waals surface area contributed by atoms with Crippen LogP contribution in [0.4, 0.5) is 0 Å². The second-order valence-corrected chi connectivity index (χ2v) is 5.97. The number of methoxy groups -OCH3 is 3. The first-order valence-electron chi connectivity index (χ1n) is 8.20. The Kier molecular flexibility index (Phi) is 4.80. The number of aryl methyl sites for hydroxylation is 1. The van der Waals surface area contributed by atoms with E-state index < -0.39 is 0 Å². The summed E-state index contributed by atoms with van der Waals surface area (Å²) in [5.74, 6) is 0.671. The molecule has 1 aliphatic rings. The van der Waals surface area contributed by atoms with E-state index in [2.05, 4.69) is 0 Å². The highest BCUT2D eigenvalue weighted by Gasteiger charge is 2.31. The zero-order valence-corrected chi connectivity index (χ0v) is 15.2. The molecule has 0 fully saturated rings. The lowest BCUT2D eigenvalue weighted by atomic mass is 9.85. The van der Waals surface area contributed by atoms with Crippen LogP contribution in [0, 0.1) is 6.92 Å². The lowest BCUT2D eigenvalue weighted by Crippen LogP contribution is -2.20. The van der Waals surface area contributed by atoms with E-state index in [1.165, 1.54) is 21.3 Å². The first-order chi connectivity index (χ1) is 12.5. The molecule has 0 bridgehead atoms. The molecule has 0 heterocycles. The van der Waals surface area contributed by atoms with Gasteiger partial charge in [0, 0.05) is 16.7 Å². The SMILES string of the molecule is COc1cc2c(c(OC)c1OC)CC=C(C(=O)c1ccccc1C)C2=O. The summed E-state index contributed by atoms with van der Waals surface area (Å²) >= 11 is 0. The Hall–Kier alpha value is -3.08. The average Bonchev–Trinajstić information content (AvgIpc) is 2.66. The third-order valence-electron chi connectivity index (χ3n) is 4.57. The predicted molar refractivity (Wildman–Crippen MR) is 97.7 cm³/mol. The zero-order valence-electron chi connectivity index (χ0n) is 15.2. The summed E-state index contributed by atoms with van der Waals surface area (Å²) in [6.45, 7) is 1.85. The summed E-state index contributed by atoms with van der Waals surface area (Å²) in [7, 11) is 4.52. The van der Waals surface area contributed by atoms with Gasteiger partial charge in [0.15, 0.2) is 23.1 Å². The number of carbonyl (C=O) groups is 2. The number of ether oxygens (including phenoxy) is 3. The molecule has 5 nitrogen and oxygen atoms in total. The van der Waals surface area contributed by atoms with Gasteiger partial charge in [-0.25, -0.2) is 0 Å². The maximum atomic E-state index is 13.0. The van der Waals surface area contributed by atoms with Crippen LogP contribution in [0.5, 0.6) is 17.2 Å². The van der Waals surface area contributed by atoms with Gasteiger partial charge in [-0.1, -0.05) is 30.3 Å². The first-order valence-corrected chi connectivity index (χ1v) is 8.20. The zero-order chi connectivity index (χ0) is 18.8. The number of carbonyl (C=O) groups excluding carboxylic acids is 2. The van der Waals surface area contributed by atoms with Crippen LogP contribution in [0.1, 0.15) is 31.8 Å². The number of Topliss-reactive ketones (excluding diaryl/α,β-unsaturated/α-hetero) is 2. The molecular weight excluding hydrogens is 332 g/mol. The molecule has 0 saturated heterocycles. The molecule has 0 radical (unpaired) electrons. The topological polar surface area (TPSA) is 61.8 Å². The van der Waals surface area contributed by atoms with Crippen molar-refractivity contribution in [2.45, 2.75) is 13.3 Å². The van der Waals surface area contributed by atoms with E-state index in [1.807, 2.05) is 19.1 Å². The van der Waals surface area contributed by atoms with Crippen molar-refractivity contribution in [3.8, 4) is 17.2 Å². The molecule has 2 aromatic rings. The van der Waals surface area contributed by atoms with E-state index in [0.29, 0.717) is 40.4 Å². The van der Waals surface area contributed by atoms with Gasteiger partial charge < -0.3 is 14.2 Å². The molecule has 0 amide bonds. The smallest absolute Gasteiger partial charge is 0.203 e. The highest BCUT2D eigenvalue weighted by atomic mass is 16.5. The van der Waals surface area contributed by atoms with Gasteiger partial charge in [0.05, 0.1) is 26.9 Å². The van der Waals surface area contributed by atoms with Crippen molar-refractivity contribution >= 4 is 11.6 Å². The fraction of sp³-hybridized carbons (Fsp3) is 0.238. The van der Waals surface area contributed by atoms with Crippen LogP contribution in [-0.2, 0) is 6.42 Å². The van der Waals surface area contributed by atoms with Crippen LogP contribution in [0.3, 0.4) is 0 Å². The Balaban J connectivity index is 2.10. The largest absolute Gasteiger partial charge is 0.493 e. The number of hydrogen-bond donors (Lipinski definition) is 0. The van der Waals surface area contributed by atoms with Crippen molar-refractivity contribution in [3.63, 3.8) is 0 Å². The summed E-state index contributed by atoms with van der Waals surface area (Å²) in [4.78, 5) is 25.9. The number of hydrogen-bond acceptors (Lipinski definition) is 5. The Morgan fingerprint density at radius 1 is 1.00 bits per heavy atom. The van der Waals surface area contributed by atoms with Gasteiger partial charge in [0.1, 0.15) is 0 Å². The molecule has 0 N–H and O–H groups in total. The highest BCUT2D eigenvalue weighted by Crippen LogP contribution is 2.44. The molecule has 2 aromatic carbocycles. The monoisotopic (exact) mass is 352 g/mol. The van der Waals surface area contributed by atoms with Crippen molar-refractivity contribution < 1.29 is 23.8 Å². The van der Waals surface area contributed by atoms with Crippen LogP contribution >= 0.6 is 0 Å². The summed E-state index contributed by atoms with van der Waals surface area (Å²) in [6.07, 6.45) is 2.06. The number of allylic oxidation sites excluding steroid dienone is 2. The third kappa shape index (κ3) is 2.75. The summed E-state index contributed by atoms with van der Waals surface area (Å²) in [5.41, 5.74) is 2.63. The maximum Gasteiger partial charge on any atom is 0.203 e. The average molecular weight is 352 g/mol. The van der Waals surface area contributed by atoms with Gasteiger partial charge in [-0.2, -0.15) is 0 Å². The predicted octanol–water partition coefficient (Wildman–Crippen LogP) is 3.57. The van der Waals surface area contributed by atoms with Gasteiger partial charge in [-0.15, -0.1) is 0 Å². The molecule has 0 aromatic heterocycles. The van der Waals surface area contributed by atoms with Crippen molar-refractivity contribution in [1.82, 2.24) is 0 Å². The van der Waals surface area contributed by atoms with Crippen LogP contribution in [0.25, 0.3) is 0 Å². The number of ketones is 2. The van der Waals surface area contributed by atoms with Gasteiger partial charge in [0.2, 0.25) is 5.75 Å². The molecule has 5 heteroatoms. The minimum atomic E-state index is -0.334. The molecule has 1 aliphatic carbocycles. The lowest BCUT2D eigenvalue weighted by Gasteiger charge is -2.22. The standard InChI is InChI=1S/C21H20O5/c1-12-7-5-6-8-13(12)18(22)15-10-9-14-16(19(15)23)11-17(24-2)21(26-4)20(14)25-3/h5-8,10-11H,9H2,1-4H3. The highest BCUT2D eigenvalue weighted by molar-refractivity contribution is 6.32. The third-order valence-corrected chi connectivity index (χ3v) is 4.57. The second kappa shape index (κ2) is 7.04. The van der Waals surface area contributed by atoms with Gasteiger partial charge in [-0.3, -0.25) is 9.59 Å². The van der Waals surface area contributed by atoms with E-state index in [1.54, 1.807) is 24.3 Å². The van der Waals surface area contributed by atoms with Gasteiger partial charge >= 0.3 is 0 Å². The normalized spacial score (nSPS) is 12.9. The molecule has 0 saturated carbocycles. The molecular formula is C21H20O5. The molecule has 0 unspecified atom stereocenters. The van der Waals surface area contributed by atoms with Crippen LogP contribution in [0.2, 0.25) is 0 Å². The van der Waals surface area contributed by atoms with E-state index in [4.69, 9.17) is 14.2 Å². The van der Waals surface area contributed by atoms with E-state index in [0.717, 1.165) is 5.56 Å². The first kappa shape index (κ1) is 17.7. The van der Waals surface area contributed by atoms with Crippen molar-refractivity contribution in [3.05, 3.63) is 64.2 Å². The maximum absolute atomic E-state index is 13.0. The Morgan fingerprint density at radius 2 is 1.69 bits per heavy atom.